The van der Waals surface area contributed by atoms with E-state index in [1.165, 1.54) is 16.7 Å². The van der Waals surface area contributed by atoms with Gasteiger partial charge in [0.05, 0.1) is 9.79 Å². The van der Waals surface area contributed by atoms with Gasteiger partial charge >= 0.3 is 0 Å². The molecule has 0 aliphatic heterocycles. The Hall–Kier alpha value is -5.33. The Balaban J connectivity index is 1.10. The van der Waals surface area contributed by atoms with Crippen molar-refractivity contribution in [2.45, 2.75) is 68.1 Å². The Morgan fingerprint density at radius 1 is 0.471 bits per heavy atom. The molecule has 0 aliphatic carbocycles. The number of hydrogen-bond donors (Lipinski definition) is 1. The lowest BCUT2D eigenvalue weighted by atomic mass is 9.74. The standard InChI is InChI=1S/C45H44O5S/c1-6-45(5,7-2)36-16-14-35(15-17-36)44(3,4)34-12-8-32(9-13-34)33-10-28-42(29-11-33)51(47,48)43-30-26-41(27-31-43)50-40-24-22-39(23-25-40)49-38-20-18-37(46)19-21-38/h8-31,46H,6-7H2,1-5H3. The van der Waals surface area contributed by atoms with E-state index in [0.29, 0.717) is 23.0 Å². The maximum atomic E-state index is 13.5. The molecule has 51 heavy (non-hydrogen) atoms. The highest BCUT2D eigenvalue weighted by molar-refractivity contribution is 7.91. The number of benzene rings is 6. The molecule has 6 aromatic rings. The molecule has 0 radical (unpaired) electrons. The second-order valence-corrected chi connectivity index (χ2v) is 15.7. The van der Waals surface area contributed by atoms with Crippen LogP contribution in [0.1, 0.15) is 64.2 Å². The number of phenols is 1. The van der Waals surface area contributed by atoms with Gasteiger partial charge in [0.25, 0.3) is 0 Å². The highest BCUT2D eigenvalue weighted by Crippen LogP contribution is 2.37. The van der Waals surface area contributed by atoms with Gasteiger partial charge in [-0.1, -0.05) is 95.3 Å². The Morgan fingerprint density at radius 2 is 0.784 bits per heavy atom. The summed E-state index contributed by atoms with van der Waals surface area (Å²) in [6.45, 7) is 11.4. The average Bonchev–Trinajstić information content (AvgIpc) is 3.16. The molecule has 0 atom stereocenters. The summed E-state index contributed by atoms with van der Waals surface area (Å²) in [5.41, 5.74) is 5.88. The summed E-state index contributed by atoms with van der Waals surface area (Å²) in [4.78, 5) is 0.418. The van der Waals surface area contributed by atoms with E-state index in [0.717, 1.165) is 24.0 Å². The summed E-state index contributed by atoms with van der Waals surface area (Å²) in [5.74, 6) is 2.48. The molecular weight excluding hydrogens is 653 g/mol. The zero-order chi connectivity index (χ0) is 36.2. The maximum absolute atomic E-state index is 13.5. The second kappa shape index (κ2) is 14.5. The number of sulfone groups is 1. The number of hydrogen-bond acceptors (Lipinski definition) is 5. The summed E-state index contributed by atoms with van der Waals surface area (Å²) in [6.07, 6.45) is 2.23. The molecule has 0 spiro atoms. The minimum absolute atomic E-state index is 0.167. The van der Waals surface area contributed by atoms with Gasteiger partial charge in [-0.25, -0.2) is 8.42 Å². The van der Waals surface area contributed by atoms with Crippen molar-refractivity contribution in [3.8, 4) is 39.9 Å². The van der Waals surface area contributed by atoms with Crippen molar-refractivity contribution in [2.75, 3.05) is 0 Å². The van der Waals surface area contributed by atoms with Crippen molar-refractivity contribution in [2.24, 2.45) is 0 Å². The van der Waals surface area contributed by atoms with E-state index < -0.39 is 9.84 Å². The van der Waals surface area contributed by atoms with Crippen LogP contribution in [0.15, 0.2) is 155 Å². The van der Waals surface area contributed by atoms with Crippen molar-refractivity contribution in [1.29, 1.82) is 0 Å². The molecule has 0 aromatic heterocycles. The Morgan fingerprint density at radius 3 is 1.20 bits per heavy atom. The molecule has 1 N–H and O–H groups in total. The lowest BCUT2D eigenvalue weighted by Gasteiger charge is -2.30. The van der Waals surface area contributed by atoms with Crippen molar-refractivity contribution >= 4 is 9.84 Å². The van der Waals surface area contributed by atoms with Crippen LogP contribution in [0.4, 0.5) is 0 Å². The van der Waals surface area contributed by atoms with E-state index in [2.05, 4.69) is 83.1 Å². The van der Waals surface area contributed by atoms with Crippen LogP contribution in [-0.4, -0.2) is 13.5 Å². The first-order chi connectivity index (χ1) is 24.4. The first-order valence-electron chi connectivity index (χ1n) is 17.3. The molecule has 6 aromatic carbocycles. The minimum atomic E-state index is -3.73. The van der Waals surface area contributed by atoms with Gasteiger partial charge in [0.15, 0.2) is 0 Å². The first-order valence-corrected chi connectivity index (χ1v) is 18.8. The summed E-state index contributed by atoms with van der Waals surface area (Å²) in [7, 11) is -3.73. The van der Waals surface area contributed by atoms with E-state index >= 15 is 0 Å². The van der Waals surface area contributed by atoms with Gasteiger partial charge < -0.3 is 14.6 Å². The Kier molecular flexibility index (Phi) is 10.1. The fourth-order valence-corrected chi connectivity index (χ4v) is 7.47. The zero-order valence-corrected chi connectivity index (χ0v) is 30.6. The summed E-state index contributed by atoms with van der Waals surface area (Å²) in [6, 6.07) is 44.7. The van der Waals surface area contributed by atoms with Crippen LogP contribution in [0.3, 0.4) is 0 Å². The number of aromatic hydroxyl groups is 1. The largest absolute Gasteiger partial charge is 0.508 e. The molecule has 0 amide bonds. The third-order valence-corrected chi connectivity index (χ3v) is 12.0. The van der Waals surface area contributed by atoms with E-state index in [4.69, 9.17) is 9.47 Å². The van der Waals surface area contributed by atoms with Crippen molar-refractivity contribution < 1.29 is 23.0 Å². The third kappa shape index (κ3) is 7.72. The fourth-order valence-electron chi connectivity index (χ4n) is 6.21. The predicted octanol–water partition coefficient (Wildman–Crippen LogP) is 11.9. The van der Waals surface area contributed by atoms with Crippen molar-refractivity contribution in [1.82, 2.24) is 0 Å². The molecular formula is C45H44O5S. The number of ether oxygens (including phenoxy) is 2. The molecule has 0 saturated heterocycles. The molecule has 6 rings (SSSR count). The van der Waals surface area contributed by atoms with Crippen LogP contribution in [0.2, 0.25) is 0 Å². The fraction of sp³-hybridized carbons (Fsp3) is 0.200. The molecule has 6 heteroatoms. The van der Waals surface area contributed by atoms with Gasteiger partial charge in [0.1, 0.15) is 28.7 Å². The van der Waals surface area contributed by atoms with Crippen molar-refractivity contribution in [3.63, 3.8) is 0 Å². The number of phenolic OH excluding ortho intramolecular Hbond substituents is 1. The molecule has 5 nitrogen and oxygen atoms in total. The molecule has 0 fully saturated rings. The topological polar surface area (TPSA) is 72.8 Å². The van der Waals surface area contributed by atoms with E-state index in [1.807, 2.05) is 12.1 Å². The molecule has 0 bridgehead atoms. The Labute approximate surface area is 302 Å². The predicted molar refractivity (Wildman–Crippen MR) is 205 cm³/mol. The molecule has 260 valence electrons. The smallest absolute Gasteiger partial charge is 0.206 e. The molecule has 0 heterocycles. The monoisotopic (exact) mass is 696 g/mol. The van der Waals surface area contributed by atoms with Crippen LogP contribution in [0.5, 0.6) is 28.7 Å². The highest BCUT2D eigenvalue weighted by Gasteiger charge is 2.26. The average molecular weight is 697 g/mol. The summed E-state index contributed by atoms with van der Waals surface area (Å²) in [5, 5.41) is 9.44. The van der Waals surface area contributed by atoms with E-state index in [1.54, 1.807) is 84.9 Å². The van der Waals surface area contributed by atoms with Crippen LogP contribution in [0.25, 0.3) is 11.1 Å². The van der Waals surface area contributed by atoms with E-state index in [9.17, 15) is 13.5 Å². The van der Waals surface area contributed by atoms with E-state index in [-0.39, 0.29) is 26.4 Å². The van der Waals surface area contributed by atoms with Crippen LogP contribution >= 0.6 is 0 Å². The van der Waals surface area contributed by atoms with Gasteiger partial charge in [-0.2, -0.15) is 0 Å². The maximum Gasteiger partial charge on any atom is 0.206 e. The number of rotatable bonds is 12. The van der Waals surface area contributed by atoms with Gasteiger partial charge in [0, 0.05) is 5.41 Å². The minimum Gasteiger partial charge on any atom is -0.508 e. The summed E-state index contributed by atoms with van der Waals surface area (Å²) >= 11 is 0. The van der Waals surface area contributed by atoms with Crippen LogP contribution in [0, 0.1) is 0 Å². The second-order valence-electron chi connectivity index (χ2n) is 13.7. The van der Waals surface area contributed by atoms with Crippen LogP contribution < -0.4 is 9.47 Å². The lowest BCUT2D eigenvalue weighted by molar-refractivity contribution is 0.438. The first kappa shape index (κ1) is 35.5. The van der Waals surface area contributed by atoms with Gasteiger partial charge in [0.2, 0.25) is 9.84 Å². The normalized spacial score (nSPS) is 12.0. The molecule has 0 saturated carbocycles. The Bertz CT molecular complexity index is 2160. The SMILES string of the molecule is CCC(C)(CC)c1ccc(C(C)(C)c2ccc(-c3ccc(S(=O)(=O)c4ccc(Oc5ccc(Oc6ccc(O)cc6)cc5)cc4)cc3)cc2)cc1. The summed E-state index contributed by atoms with van der Waals surface area (Å²) < 4.78 is 38.7. The third-order valence-electron chi connectivity index (χ3n) is 10.2. The van der Waals surface area contributed by atoms with Gasteiger partial charge in [-0.15, -0.1) is 0 Å². The van der Waals surface area contributed by atoms with Gasteiger partial charge in [-0.3, -0.25) is 0 Å². The van der Waals surface area contributed by atoms with Crippen LogP contribution in [-0.2, 0) is 20.7 Å². The quantitative estimate of drug-likeness (QED) is 0.138. The zero-order valence-electron chi connectivity index (χ0n) is 29.8. The molecule has 0 unspecified atom stereocenters. The highest BCUT2D eigenvalue weighted by atomic mass is 32.2. The van der Waals surface area contributed by atoms with Crippen molar-refractivity contribution in [3.05, 3.63) is 162 Å². The van der Waals surface area contributed by atoms with Gasteiger partial charge in [-0.05, 0) is 131 Å². The lowest BCUT2D eigenvalue weighted by Crippen LogP contribution is -2.21. The molecule has 0 aliphatic rings.